The molecule has 1 heterocycles. The molecule has 118 valence electrons. The van der Waals surface area contributed by atoms with E-state index in [9.17, 15) is 4.79 Å². The molecule has 2 rings (SSSR count). The molecular formula is C17H22N2O2S. The van der Waals surface area contributed by atoms with Crippen LogP contribution >= 0.6 is 11.3 Å². The van der Waals surface area contributed by atoms with Crippen molar-refractivity contribution in [3.63, 3.8) is 0 Å². The zero-order valence-electron chi connectivity index (χ0n) is 13.5. The second-order valence-electron chi connectivity index (χ2n) is 5.61. The van der Waals surface area contributed by atoms with Gasteiger partial charge in [-0.3, -0.25) is 9.69 Å². The summed E-state index contributed by atoms with van der Waals surface area (Å²) in [4.78, 5) is 19.0. The van der Waals surface area contributed by atoms with Crippen LogP contribution in [0.2, 0.25) is 0 Å². The van der Waals surface area contributed by atoms with E-state index < -0.39 is 5.97 Å². The zero-order valence-corrected chi connectivity index (χ0v) is 14.3. The van der Waals surface area contributed by atoms with Crippen molar-refractivity contribution < 1.29 is 9.90 Å². The van der Waals surface area contributed by atoms with Crippen LogP contribution in [0.1, 0.15) is 39.7 Å². The van der Waals surface area contributed by atoms with Crippen LogP contribution in [-0.2, 0) is 17.8 Å². The van der Waals surface area contributed by atoms with Crippen LogP contribution in [0.4, 0.5) is 0 Å². The number of hydrogen-bond acceptors (Lipinski definition) is 4. The maximum atomic E-state index is 11.0. The lowest BCUT2D eigenvalue weighted by molar-refractivity contribution is -0.136. The molecule has 0 radical (unpaired) electrons. The number of carboxylic acids is 1. The molecule has 0 spiro atoms. The molecule has 0 aliphatic carbocycles. The van der Waals surface area contributed by atoms with Gasteiger partial charge < -0.3 is 5.11 Å². The first kappa shape index (κ1) is 16.6. The molecule has 1 atom stereocenters. The van der Waals surface area contributed by atoms with Crippen molar-refractivity contribution >= 4 is 17.3 Å². The smallest absolute Gasteiger partial charge is 0.307 e. The fourth-order valence-corrected chi connectivity index (χ4v) is 3.63. The van der Waals surface area contributed by atoms with E-state index in [4.69, 9.17) is 5.11 Å². The van der Waals surface area contributed by atoms with Crippen molar-refractivity contribution in [2.75, 3.05) is 7.05 Å². The summed E-state index contributed by atoms with van der Waals surface area (Å²) < 4.78 is 0. The normalized spacial score (nSPS) is 12.6. The van der Waals surface area contributed by atoms with Gasteiger partial charge >= 0.3 is 5.97 Å². The van der Waals surface area contributed by atoms with Gasteiger partial charge in [0.1, 0.15) is 0 Å². The van der Waals surface area contributed by atoms with Crippen molar-refractivity contribution in [2.45, 2.75) is 39.8 Å². The van der Waals surface area contributed by atoms with Crippen LogP contribution in [-0.4, -0.2) is 28.0 Å². The third-order valence-corrected chi connectivity index (χ3v) is 5.10. The van der Waals surface area contributed by atoms with Gasteiger partial charge in [-0.25, -0.2) is 4.98 Å². The Balaban J connectivity index is 2.16. The highest BCUT2D eigenvalue weighted by Crippen LogP contribution is 2.29. The summed E-state index contributed by atoms with van der Waals surface area (Å²) in [6.45, 7) is 6.96. The molecule has 1 aromatic carbocycles. The predicted octanol–water partition coefficient (Wildman–Crippen LogP) is 3.58. The molecule has 2 aromatic rings. The maximum absolute atomic E-state index is 11.0. The van der Waals surface area contributed by atoms with E-state index >= 15 is 0 Å². The molecule has 22 heavy (non-hydrogen) atoms. The number of rotatable bonds is 6. The monoisotopic (exact) mass is 318 g/mol. The highest BCUT2D eigenvalue weighted by Gasteiger charge is 2.18. The summed E-state index contributed by atoms with van der Waals surface area (Å²) >= 11 is 1.73. The Morgan fingerprint density at radius 2 is 1.95 bits per heavy atom. The summed E-state index contributed by atoms with van der Waals surface area (Å²) in [6.07, 6.45) is 0.0666. The lowest BCUT2D eigenvalue weighted by atomic mass is 10.0. The van der Waals surface area contributed by atoms with E-state index in [0.717, 1.165) is 28.4 Å². The van der Waals surface area contributed by atoms with E-state index in [0.29, 0.717) is 0 Å². The SMILES string of the molecule is Cc1nc(C)c(C(C)N(C)Cc2ccccc2CC(=O)O)s1. The highest BCUT2D eigenvalue weighted by molar-refractivity contribution is 7.11. The summed E-state index contributed by atoms with van der Waals surface area (Å²) in [5, 5.41) is 10.1. The molecule has 0 bridgehead atoms. The number of aromatic nitrogens is 1. The third-order valence-electron chi connectivity index (χ3n) is 3.86. The van der Waals surface area contributed by atoms with E-state index in [1.165, 1.54) is 4.88 Å². The number of carbonyl (C=O) groups is 1. The van der Waals surface area contributed by atoms with Crippen molar-refractivity contribution in [3.05, 3.63) is 51.0 Å². The summed E-state index contributed by atoms with van der Waals surface area (Å²) in [6, 6.07) is 8.00. The molecule has 5 heteroatoms. The van der Waals surface area contributed by atoms with Crippen LogP contribution < -0.4 is 0 Å². The first-order chi connectivity index (χ1) is 10.4. The molecule has 1 unspecified atom stereocenters. The molecule has 0 aliphatic heterocycles. The number of hydrogen-bond donors (Lipinski definition) is 1. The first-order valence-electron chi connectivity index (χ1n) is 7.31. The molecule has 0 saturated heterocycles. The Hall–Kier alpha value is -1.72. The van der Waals surface area contributed by atoms with E-state index in [1.54, 1.807) is 11.3 Å². The van der Waals surface area contributed by atoms with Gasteiger partial charge in [-0.05, 0) is 38.9 Å². The van der Waals surface area contributed by atoms with E-state index in [1.807, 2.05) is 38.1 Å². The Morgan fingerprint density at radius 3 is 2.50 bits per heavy atom. The first-order valence-corrected chi connectivity index (χ1v) is 8.13. The van der Waals surface area contributed by atoms with Crippen LogP contribution in [0, 0.1) is 13.8 Å². The minimum absolute atomic E-state index is 0.0666. The summed E-state index contributed by atoms with van der Waals surface area (Å²) in [7, 11) is 2.07. The minimum Gasteiger partial charge on any atom is -0.481 e. The lowest BCUT2D eigenvalue weighted by Crippen LogP contribution is -2.22. The average Bonchev–Trinajstić information content (AvgIpc) is 2.78. The Bertz CT molecular complexity index is 666. The van der Waals surface area contributed by atoms with Gasteiger partial charge in [0.15, 0.2) is 0 Å². The number of carboxylic acid groups (broad SMARTS) is 1. The molecule has 0 fully saturated rings. The van der Waals surface area contributed by atoms with Gasteiger partial charge in [0.05, 0.1) is 17.1 Å². The standard InChI is InChI=1S/C17H22N2O2S/c1-11-17(22-13(3)18-11)12(2)19(4)10-15-8-6-5-7-14(15)9-16(20)21/h5-8,12H,9-10H2,1-4H3,(H,20,21). The van der Waals surface area contributed by atoms with Crippen molar-refractivity contribution in [2.24, 2.45) is 0 Å². The van der Waals surface area contributed by atoms with Crippen molar-refractivity contribution in [3.8, 4) is 0 Å². The number of nitrogens with zero attached hydrogens (tertiary/aromatic N) is 2. The topological polar surface area (TPSA) is 53.4 Å². The van der Waals surface area contributed by atoms with Crippen LogP contribution in [0.5, 0.6) is 0 Å². The lowest BCUT2D eigenvalue weighted by Gasteiger charge is -2.25. The number of thiazole rings is 1. The summed E-state index contributed by atoms with van der Waals surface area (Å²) in [5.74, 6) is -0.794. The predicted molar refractivity (Wildman–Crippen MR) is 89.3 cm³/mol. The van der Waals surface area contributed by atoms with Gasteiger partial charge in [-0.1, -0.05) is 24.3 Å². The molecule has 4 nitrogen and oxygen atoms in total. The molecule has 1 N–H and O–H groups in total. The van der Waals surface area contributed by atoms with Gasteiger partial charge in [0.2, 0.25) is 0 Å². The second-order valence-corrected chi connectivity index (χ2v) is 6.85. The highest BCUT2D eigenvalue weighted by atomic mass is 32.1. The second kappa shape index (κ2) is 7.03. The molecular weight excluding hydrogens is 296 g/mol. The largest absolute Gasteiger partial charge is 0.481 e. The number of benzene rings is 1. The maximum Gasteiger partial charge on any atom is 0.307 e. The van der Waals surface area contributed by atoms with Gasteiger partial charge in [-0.15, -0.1) is 11.3 Å². The van der Waals surface area contributed by atoms with E-state index in [-0.39, 0.29) is 12.5 Å². The fourth-order valence-electron chi connectivity index (χ4n) is 2.59. The summed E-state index contributed by atoms with van der Waals surface area (Å²) in [5.41, 5.74) is 3.03. The molecule has 0 aliphatic rings. The Kier molecular flexibility index (Phi) is 5.32. The van der Waals surface area contributed by atoms with Crippen molar-refractivity contribution in [1.82, 2.24) is 9.88 Å². The quantitative estimate of drug-likeness (QED) is 0.884. The third kappa shape index (κ3) is 3.93. The minimum atomic E-state index is -0.794. The fraction of sp³-hybridized carbons (Fsp3) is 0.412. The molecule has 0 saturated carbocycles. The van der Waals surface area contributed by atoms with Gasteiger partial charge in [-0.2, -0.15) is 0 Å². The van der Waals surface area contributed by atoms with Gasteiger partial charge in [0.25, 0.3) is 0 Å². The Labute approximate surface area is 135 Å². The average molecular weight is 318 g/mol. The van der Waals surface area contributed by atoms with Crippen LogP contribution in [0.15, 0.2) is 24.3 Å². The van der Waals surface area contributed by atoms with E-state index in [2.05, 4.69) is 23.9 Å². The zero-order chi connectivity index (χ0) is 16.3. The van der Waals surface area contributed by atoms with Gasteiger partial charge in [0, 0.05) is 17.5 Å². The van der Waals surface area contributed by atoms with Crippen LogP contribution in [0.3, 0.4) is 0 Å². The Morgan fingerprint density at radius 1 is 1.32 bits per heavy atom. The van der Waals surface area contributed by atoms with Crippen molar-refractivity contribution in [1.29, 1.82) is 0 Å². The number of aliphatic carboxylic acids is 1. The molecule has 1 aromatic heterocycles. The van der Waals surface area contributed by atoms with Crippen LogP contribution in [0.25, 0.3) is 0 Å². The molecule has 0 amide bonds. The number of aryl methyl sites for hydroxylation is 2.